The summed E-state index contributed by atoms with van der Waals surface area (Å²) in [4.78, 5) is 4.35. The van der Waals surface area contributed by atoms with Gasteiger partial charge in [0, 0.05) is 23.3 Å². The van der Waals surface area contributed by atoms with Crippen LogP contribution in [-0.4, -0.2) is 4.98 Å². The van der Waals surface area contributed by atoms with Crippen molar-refractivity contribution in [3.05, 3.63) is 66.0 Å². The third-order valence-corrected chi connectivity index (χ3v) is 3.34. The van der Waals surface area contributed by atoms with Crippen molar-refractivity contribution in [2.45, 2.75) is 13.8 Å². The first-order valence-corrected chi connectivity index (χ1v) is 6.16. The van der Waals surface area contributed by atoms with Gasteiger partial charge in [0.05, 0.1) is 0 Å². The van der Waals surface area contributed by atoms with E-state index in [0.29, 0.717) is 0 Å². The number of aryl methyl sites for hydroxylation is 2. The Balaban J connectivity index is 2.31. The van der Waals surface area contributed by atoms with Crippen molar-refractivity contribution in [3.63, 3.8) is 0 Å². The molecule has 0 atom stereocenters. The van der Waals surface area contributed by atoms with Gasteiger partial charge in [0.25, 0.3) is 0 Å². The third kappa shape index (κ3) is 1.78. The van der Waals surface area contributed by atoms with Crippen LogP contribution in [0.5, 0.6) is 0 Å². The van der Waals surface area contributed by atoms with E-state index in [1.54, 1.807) is 0 Å². The van der Waals surface area contributed by atoms with Crippen LogP contribution in [0.3, 0.4) is 0 Å². The van der Waals surface area contributed by atoms with Crippen molar-refractivity contribution in [1.29, 1.82) is 0 Å². The third-order valence-electron chi connectivity index (χ3n) is 3.34. The summed E-state index contributed by atoms with van der Waals surface area (Å²) in [6.07, 6.45) is 3.88. The molecule has 0 saturated heterocycles. The van der Waals surface area contributed by atoms with Gasteiger partial charge in [-0.15, -0.1) is 0 Å². The fraction of sp³-hybridized carbons (Fsp3) is 0.118. The van der Waals surface area contributed by atoms with Crippen LogP contribution in [0.1, 0.15) is 11.1 Å². The smallest absolute Gasteiger partial charge is 0.0352 e. The number of hydrogen-bond donors (Lipinski definition) is 0. The van der Waals surface area contributed by atoms with Gasteiger partial charge in [-0.05, 0) is 30.4 Å². The van der Waals surface area contributed by atoms with E-state index in [1.165, 1.54) is 33.0 Å². The quantitative estimate of drug-likeness (QED) is 0.602. The molecule has 1 nitrogen and oxygen atoms in total. The molecule has 0 unspecified atom stereocenters. The second-order valence-corrected chi connectivity index (χ2v) is 4.73. The van der Waals surface area contributed by atoms with Crippen LogP contribution in [-0.2, 0) is 0 Å². The molecule has 18 heavy (non-hydrogen) atoms. The van der Waals surface area contributed by atoms with Crippen LogP contribution in [0.4, 0.5) is 0 Å². The molecule has 0 saturated carbocycles. The number of nitrogens with zero attached hydrogens (tertiary/aromatic N) is 1. The van der Waals surface area contributed by atoms with Crippen molar-refractivity contribution in [3.8, 4) is 11.1 Å². The largest absolute Gasteiger partial charge is 0.263 e. The first-order chi connectivity index (χ1) is 8.75. The summed E-state index contributed by atoms with van der Waals surface area (Å²) in [5.74, 6) is 0. The van der Waals surface area contributed by atoms with Gasteiger partial charge in [-0.1, -0.05) is 48.0 Å². The minimum Gasteiger partial charge on any atom is -0.263 e. The molecule has 88 valence electrons. The van der Waals surface area contributed by atoms with Gasteiger partial charge >= 0.3 is 0 Å². The fourth-order valence-electron chi connectivity index (χ4n) is 2.45. The first kappa shape index (κ1) is 11.0. The van der Waals surface area contributed by atoms with Gasteiger partial charge in [-0.3, -0.25) is 4.98 Å². The second kappa shape index (κ2) is 4.26. The summed E-state index contributed by atoms with van der Waals surface area (Å²) in [5.41, 5.74) is 5.08. The minimum atomic E-state index is 1.19. The molecule has 0 spiro atoms. The predicted octanol–water partition coefficient (Wildman–Crippen LogP) is 4.52. The van der Waals surface area contributed by atoms with Gasteiger partial charge < -0.3 is 0 Å². The normalized spacial score (nSPS) is 10.8. The Morgan fingerprint density at radius 1 is 0.833 bits per heavy atom. The SMILES string of the molecule is Cc1ccc(-c2cncc3ccccc23)c(C)c1. The summed E-state index contributed by atoms with van der Waals surface area (Å²) in [5, 5.41) is 2.45. The van der Waals surface area contributed by atoms with Crippen molar-refractivity contribution in [2.75, 3.05) is 0 Å². The Bertz CT molecular complexity index is 708. The Morgan fingerprint density at radius 2 is 1.67 bits per heavy atom. The highest BCUT2D eigenvalue weighted by Crippen LogP contribution is 2.30. The second-order valence-electron chi connectivity index (χ2n) is 4.73. The van der Waals surface area contributed by atoms with Crippen molar-refractivity contribution in [1.82, 2.24) is 4.98 Å². The zero-order chi connectivity index (χ0) is 12.5. The molecule has 0 aliphatic rings. The molecule has 3 rings (SSSR count). The molecule has 1 heterocycles. The summed E-state index contributed by atoms with van der Waals surface area (Å²) in [6.45, 7) is 4.28. The molecule has 0 radical (unpaired) electrons. The average molecular weight is 233 g/mol. The highest BCUT2D eigenvalue weighted by atomic mass is 14.6. The summed E-state index contributed by atoms with van der Waals surface area (Å²) >= 11 is 0. The lowest BCUT2D eigenvalue weighted by atomic mass is 9.96. The van der Waals surface area contributed by atoms with Gasteiger partial charge in [0.15, 0.2) is 0 Å². The molecule has 0 aliphatic carbocycles. The molecule has 0 aliphatic heterocycles. The number of benzene rings is 2. The Morgan fingerprint density at radius 3 is 2.50 bits per heavy atom. The van der Waals surface area contributed by atoms with Gasteiger partial charge in [-0.25, -0.2) is 0 Å². The molecule has 0 amide bonds. The van der Waals surface area contributed by atoms with Gasteiger partial charge in [0.1, 0.15) is 0 Å². The molecule has 1 heteroatoms. The zero-order valence-corrected chi connectivity index (χ0v) is 10.6. The van der Waals surface area contributed by atoms with E-state index in [4.69, 9.17) is 0 Å². The van der Waals surface area contributed by atoms with Gasteiger partial charge in [-0.2, -0.15) is 0 Å². The molecule has 0 bridgehead atoms. The van der Waals surface area contributed by atoms with E-state index in [9.17, 15) is 0 Å². The fourth-order valence-corrected chi connectivity index (χ4v) is 2.45. The summed E-state index contributed by atoms with van der Waals surface area (Å²) in [7, 11) is 0. The molecule has 0 N–H and O–H groups in total. The predicted molar refractivity (Wildman–Crippen MR) is 76.7 cm³/mol. The lowest BCUT2D eigenvalue weighted by molar-refractivity contribution is 1.34. The first-order valence-electron chi connectivity index (χ1n) is 6.16. The maximum atomic E-state index is 4.35. The van der Waals surface area contributed by atoms with Crippen LogP contribution in [0.15, 0.2) is 54.9 Å². The van der Waals surface area contributed by atoms with E-state index in [-0.39, 0.29) is 0 Å². The molecule has 0 fully saturated rings. The Labute approximate surface area is 107 Å². The van der Waals surface area contributed by atoms with Crippen LogP contribution in [0.25, 0.3) is 21.9 Å². The van der Waals surface area contributed by atoms with Crippen molar-refractivity contribution in [2.24, 2.45) is 0 Å². The van der Waals surface area contributed by atoms with E-state index >= 15 is 0 Å². The number of hydrogen-bond acceptors (Lipinski definition) is 1. The lowest BCUT2D eigenvalue weighted by Crippen LogP contribution is -1.87. The van der Waals surface area contributed by atoms with Crippen molar-refractivity contribution >= 4 is 10.8 Å². The Hall–Kier alpha value is -2.15. The molecular formula is C17H15N. The number of aromatic nitrogens is 1. The number of pyridine rings is 1. The number of rotatable bonds is 1. The van der Waals surface area contributed by atoms with Crippen molar-refractivity contribution < 1.29 is 0 Å². The van der Waals surface area contributed by atoms with E-state index in [2.05, 4.69) is 61.3 Å². The maximum absolute atomic E-state index is 4.35. The molecule has 2 aromatic carbocycles. The van der Waals surface area contributed by atoms with Crippen LogP contribution in [0, 0.1) is 13.8 Å². The van der Waals surface area contributed by atoms with Crippen LogP contribution >= 0.6 is 0 Å². The average Bonchev–Trinajstić information content (AvgIpc) is 2.38. The topological polar surface area (TPSA) is 12.9 Å². The standard InChI is InChI=1S/C17H15N/c1-12-7-8-15(13(2)9-12)17-11-18-10-14-5-3-4-6-16(14)17/h3-11H,1-2H3. The van der Waals surface area contributed by atoms with E-state index in [1.807, 2.05) is 12.4 Å². The highest BCUT2D eigenvalue weighted by Gasteiger charge is 2.06. The molecule has 3 aromatic rings. The number of fused-ring (bicyclic) bond motifs is 1. The molecule has 1 aromatic heterocycles. The van der Waals surface area contributed by atoms with E-state index < -0.39 is 0 Å². The molecular weight excluding hydrogens is 218 g/mol. The van der Waals surface area contributed by atoms with Gasteiger partial charge in [0.2, 0.25) is 0 Å². The summed E-state index contributed by atoms with van der Waals surface area (Å²) in [6, 6.07) is 15.0. The monoisotopic (exact) mass is 233 g/mol. The summed E-state index contributed by atoms with van der Waals surface area (Å²) < 4.78 is 0. The lowest BCUT2D eigenvalue weighted by Gasteiger charge is -2.09. The van der Waals surface area contributed by atoms with E-state index in [0.717, 1.165) is 0 Å². The highest BCUT2D eigenvalue weighted by molar-refractivity contribution is 5.96. The minimum absolute atomic E-state index is 1.19. The maximum Gasteiger partial charge on any atom is 0.0352 e. The van der Waals surface area contributed by atoms with Crippen LogP contribution < -0.4 is 0 Å². The Kier molecular flexibility index (Phi) is 2.60. The zero-order valence-electron chi connectivity index (χ0n) is 10.6. The van der Waals surface area contributed by atoms with Crippen LogP contribution in [0.2, 0.25) is 0 Å².